The molecule has 0 radical (unpaired) electrons. The van der Waals surface area contributed by atoms with Crippen LogP contribution in [0.2, 0.25) is 0 Å². The number of fused-ring (bicyclic) bond motifs is 1. The van der Waals surface area contributed by atoms with Crippen LogP contribution in [-0.2, 0) is 17.1 Å². The average Bonchev–Trinajstić information content (AvgIpc) is 3.11. The average molecular weight is 514 g/mol. The summed E-state index contributed by atoms with van der Waals surface area (Å²) in [5.41, 5.74) is 8.99. The van der Waals surface area contributed by atoms with Crippen LogP contribution in [-0.4, -0.2) is 41.7 Å². The highest BCUT2D eigenvalue weighted by atomic mass is 32.2. The Morgan fingerprint density at radius 2 is 1.71 bits per heavy atom. The van der Waals surface area contributed by atoms with Crippen LogP contribution in [0.4, 0.5) is 5.69 Å². The summed E-state index contributed by atoms with van der Waals surface area (Å²) in [5.74, 6) is 0. The van der Waals surface area contributed by atoms with Gasteiger partial charge in [0, 0.05) is 48.5 Å². The van der Waals surface area contributed by atoms with E-state index in [0.717, 1.165) is 46.1 Å². The van der Waals surface area contributed by atoms with Crippen molar-refractivity contribution in [2.24, 2.45) is 12.1 Å². The Balaban J connectivity index is 1.84. The molecule has 35 heavy (non-hydrogen) atoms. The van der Waals surface area contributed by atoms with E-state index in [0.29, 0.717) is 23.1 Å². The Kier molecular flexibility index (Phi) is 8.69. The van der Waals surface area contributed by atoms with E-state index < -0.39 is 10.0 Å². The van der Waals surface area contributed by atoms with Gasteiger partial charge < -0.3 is 9.88 Å². The molecule has 188 valence electrons. The maximum Gasteiger partial charge on any atom is 0.243 e. The van der Waals surface area contributed by atoms with Crippen LogP contribution in [0.3, 0.4) is 0 Å². The summed E-state index contributed by atoms with van der Waals surface area (Å²) in [6.07, 6.45) is 5.13. The summed E-state index contributed by atoms with van der Waals surface area (Å²) in [5, 5.41) is 8.73. The van der Waals surface area contributed by atoms with E-state index in [-0.39, 0.29) is 0 Å². The second kappa shape index (κ2) is 11.3. The Morgan fingerprint density at radius 3 is 2.31 bits per heavy atom. The monoisotopic (exact) mass is 513 g/mol. The van der Waals surface area contributed by atoms with Crippen molar-refractivity contribution >= 4 is 50.2 Å². The molecule has 9 heteroatoms. The van der Waals surface area contributed by atoms with Crippen molar-refractivity contribution < 1.29 is 8.42 Å². The third-order valence-electron chi connectivity index (χ3n) is 5.86. The van der Waals surface area contributed by atoms with Gasteiger partial charge in [0.05, 0.1) is 11.1 Å². The fraction of sp³-hybridized carbons (Fsp3) is 0.385. The number of benzene rings is 2. The van der Waals surface area contributed by atoms with E-state index in [1.165, 1.54) is 5.56 Å². The van der Waals surface area contributed by atoms with Crippen LogP contribution in [0.15, 0.2) is 46.5 Å². The highest BCUT2D eigenvalue weighted by Gasteiger charge is 2.24. The lowest BCUT2D eigenvalue weighted by molar-refractivity contribution is 0.410. The van der Waals surface area contributed by atoms with Crippen molar-refractivity contribution in [1.29, 1.82) is 0 Å². The van der Waals surface area contributed by atoms with Gasteiger partial charge in [-0.25, -0.2) is 8.42 Å². The number of anilines is 1. The van der Waals surface area contributed by atoms with E-state index >= 15 is 0 Å². The van der Waals surface area contributed by atoms with E-state index in [1.54, 1.807) is 22.7 Å². The number of aromatic nitrogens is 1. The second-order valence-electron chi connectivity index (χ2n) is 8.88. The van der Waals surface area contributed by atoms with Crippen LogP contribution in [0.1, 0.15) is 48.9 Å². The lowest BCUT2D eigenvalue weighted by Crippen LogP contribution is -2.32. The molecule has 0 bridgehead atoms. The fourth-order valence-corrected chi connectivity index (χ4v) is 6.15. The van der Waals surface area contributed by atoms with E-state index in [9.17, 15) is 8.42 Å². The van der Waals surface area contributed by atoms with Crippen LogP contribution < -0.4 is 10.7 Å². The fourth-order valence-electron chi connectivity index (χ4n) is 4.34. The van der Waals surface area contributed by atoms with Crippen molar-refractivity contribution in [2.45, 2.75) is 52.4 Å². The Hall–Kier alpha value is -2.75. The molecule has 0 atom stereocenters. The molecular weight excluding hydrogens is 478 g/mol. The van der Waals surface area contributed by atoms with Gasteiger partial charge in [-0.05, 0) is 75.2 Å². The lowest BCUT2D eigenvalue weighted by atomic mass is 10.1. The van der Waals surface area contributed by atoms with Gasteiger partial charge in [0.2, 0.25) is 10.0 Å². The minimum Gasteiger partial charge on any atom is -0.350 e. The molecule has 1 heterocycles. The second-order valence-corrected chi connectivity index (χ2v) is 11.2. The smallest absolute Gasteiger partial charge is 0.243 e. The predicted molar refractivity (Wildman–Crippen MR) is 150 cm³/mol. The lowest BCUT2D eigenvalue weighted by Gasteiger charge is -2.21. The van der Waals surface area contributed by atoms with Gasteiger partial charge in [-0.1, -0.05) is 31.5 Å². The quantitative estimate of drug-likeness (QED) is 0.233. The van der Waals surface area contributed by atoms with Crippen molar-refractivity contribution in [2.75, 3.05) is 18.4 Å². The molecule has 3 aromatic rings. The number of sulfonamides is 1. The molecule has 0 aliphatic rings. The van der Waals surface area contributed by atoms with Crippen LogP contribution in [0.25, 0.3) is 10.9 Å². The van der Waals surface area contributed by atoms with Gasteiger partial charge in [0.15, 0.2) is 5.11 Å². The summed E-state index contributed by atoms with van der Waals surface area (Å²) >= 11 is 5.43. The molecule has 0 aliphatic carbocycles. The largest absolute Gasteiger partial charge is 0.350 e. The zero-order chi connectivity index (χ0) is 25.8. The number of thiocarbonyl (C=S) groups is 1. The molecule has 3 rings (SSSR count). The van der Waals surface area contributed by atoms with Crippen LogP contribution in [0, 0.1) is 20.8 Å². The normalized spacial score (nSPS) is 12.1. The Morgan fingerprint density at radius 1 is 1.09 bits per heavy atom. The Labute approximate surface area is 214 Å². The van der Waals surface area contributed by atoms with Gasteiger partial charge >= 0.3 is 0 Å². The molecule has 0 spiro atoms. The third kappa shape index (κ3) is 6.09. The summed E-state index contributed by atoms with van der Waals surface area (Å²) in [7, 11) is -1.64. The van der Waals surface area contributed by atoms with Crippen molar-refractivity contribution in [3.05, 3.63) is 58.8 Å². The molecule has 0 saturated heterocycles. The summed E-state index contributed by atoms with van der Waals surface area (Å²) in [6, 6.07) is 9.47. The molecule has 0 fully saturated rings. The number of hydrazone groups is 1. The van der Waals surface area contributed by atoms with Crippen LogP contribution in [0.5, 0.6) is 0 Å². The number of hydrogen-bond donors (Lipinski definition) is 2. The highest BCUT2D eigenvalue weighted by Crippen LogP contribution is 2.26. The molecule has 7 nitrogen and oxygen atoms in total. The van der Waals surface area contributed by atoms with Crippen molar-refractivity contribution in [1.82, 2.24) is 14.3 Å². The maximum atomic E-state index is 13.3. The molecule has 0 amide bonds. The van der Waals surface area contributed by atoms with E-state index in [2.05, 4.69) is 34.9 Å². The molecule has 2 N–H and O–H groups in total. The van der Waals surface area contributed by atoms with E-state index in [4.69, 9.17) is 12.2 Å². The SMILES string of the molecule is CCCN(CCC)S(=O)(=O)c1ccc2c(c1)c(C=NNC(=S)Nc1c(C)cc(C)cc1C)cn2C. The first-order chi connectivity index (χ1) is 16.6. The summed E-state index contributed by atoms with van der Waals surface area (Å²) < 4.78 is 30.1. The van der Waals surface area contributed by atoms with Crippen molar-refractivity contribution in [3.63, 3.8) is 0 Å². The first kappa shape index (κ1) is 26.8. The topological polar surface area (TPSA) is 78.7 Å². The molecular formula is C26H35N5O2S2. The molecule has 0 unspecified atom stereocenters. The van der Waals surface area contributed by atoms with Gasteiger partial charge in [-0.15, -0.1) is 0 Å². The van der Waals surface area contributed by atoms with Gasteiger partial charge in [0.25, 0.3) is 0 Å². The van der Waals surface area contributed by atoms with Gasteiger partial charge in [0.1, 0.15) is 0 Å². The van der Waals surface area contributed by atoms with Gasteiger partial charge in [-0.2, -0.15) is 9.41 Å². The molecule has 0 aliphatic heterocycles. The zero-order valence-electron chi connectivity index (χ0n) is 21.3. The maximum absolute atomic E-state index is 13.3. The number of aryl methyl sites for hydroxylation is 4. The number of nitrogens with one attached hydrogen (secondary N) is 2. The Bertz CT molecular complexity index is 1330. The summed E-state index contributed by atoms with van der Waals surface area (Å²) in [4.78, 5) is 0.295. The van der Waals surface area contributed by atoms with E-state index in [1.807, 2.05) is 51.6 Å². The molecule has 0 saturated carbocycles. The first-order valence-electron chi connectivity index (χ1n) is 11.9. The minimum absolute atomic E-state index is 0.295. The predicted octanol–water partition coefficient (Wildman–Crippen LogP) is 5.23. The molecule has 1 aromatic heterocycles. The number of nitrogens with zero attached hydrogens (tertiary/aromatic N) is 3. The summed E-state index contributed by atoms with van der Waals surface area (Å²) in [6.45, 7) is 11.1. The highest BCUT2D eigenvalue weighted by molar-refractivity contribution is 7.89. The number of hydrogen-bond acceptors (Lipinski definition) is 4. The van der Waals surface area contributed by atoms with Crippen molar-refractivity contribution in [3.8, 4) is 0 Å². The minimum atomic E-state index is -3.57. The zero-order valence-corrected chi connectivity index (χ0v) is 23.0. The standard InChI is InChI=1S/C26H35N5O2S2/c1-7-11-31(12-8-2)35(32,33)22-9-10-24-23(15-22)21(17-30(24)6)16-27-29-26(34)28-25-19(4)13-18(3)14-20(25)5/h9-10,13-17H,7-8,11-12H2,1-6H3,(H2,28,29,34). The van der Waals surface area contributed by atoms with Gasteiger partial charge in [-0.3, -0.25) is 5.43 Å². The number of rotatable bonds is 9. The van der Waals surface area contributed by atoms with Crippen LogP contribution >= 0.6 is 12.2 Å². The third-order valence-corrected chi connectivity index (χ3v) is 7.95. The first-order valence-corrected chi connectivity index (χ1v) is 13.7. The molecule has 2 aromatic carbocycles.